The van der Waals surface area contributed by atoms with Crippen LogP contribution in [0, 0.1) is 11.7 Å². The van der Waals surface area contributed by atoms with Crippen LogP contribution in [0.2, 0.25) is 15.1 Å². The quantitative estimate of drug-likeness (QED) is 0.264. The lowest BCUT2D eigenvalue weighted by atomic mass is 10.0. The molecule has 0 radical (unpaired) electrons. The maximum atomic E-state index is 14.0. The van der Waals surface area contributed by atoms with E-state index < -0.39 is 40.2 Å². The smallest absolute Gasteiger partial charge is 0.244 e. The molecule has 1 atom stereocenters. The summed E-state index contributed by atoms with van der Waals surface area (Å²) in [4.78, 5) is 29.0. The average molecular weight is 643 g/mol. The number of hydrogen-bond acceptors (Lipinski definition) is 4. The van der Waals surface area contributed by atoms with Crippen LogP contribution in [0.15, 0.2) is 66.7 Å². The Morgan fingerprint density at radius 3 is 2.17 bits per heavy atom. The molecule has 3 aromatic rings. The SMILES string of the molecule is CC(C)CNC(=O)[C@H](Cc1ccccc1)N(Cc1ccc(Cl)c(Cl)c1)C(=O)CN(c1ccc(F)c(Cl)c1)S(C)(=O)=O. The molecule has 0 unspecified atom stereocenters. The first-order valence-corrected chi connectivity index (χ1v) is 15.7. The van der Waals surface area contributed by atoms with Crippen molar-refractivity contribution >= 4 is 62.3 Å². The fourth-order valence-corrected chi connectivity index (χ4v) is 5.40. The molecular weight excluding hydrogens is 612 g/mol. The van der Waals surface area contributed by atoms with E-state index in [0.717, 1.165) is 28.3 Å². The van der Waals surface area contributed by atoms with Crippen LogP contribution in [0.1, 0.15) is 25.0 Å². The highest BCUT2D eigenvalue weighted by Gasteiger charge is 2.33. The third kappa shape index (κ3) is 9.33. The van der Waals surface area contributed by atoms with Crippen LogP contribution in [0.3, 0.4) is 0 Å². The van der Waals surface area contributed by atoms with Gasteiger partial charge < -0.3 is 10.2 Å². The van der Waals surface area contributed by atoms with E-state index in [1.165, 1.54) is 11.0 Å². The number of benzene rings is 3. The minimum atomic E-state index is -4.02. The van der Waals surface area contributed by atoms with Crippen LogP contribution in [0.5, 0.6) is 0 Å². The van der Waals surface area contributed by atoms with E-state index in [-0.39, 0.29) is 34.6 Å². The van der Waals surface area contributed by atoms with Crippen molar-refractivity contribution in [1.82, 2.24) is 10.2 Å². The number of anilines is 1. The molecule has 3 aromatic carbocycles. The molecule has 12 heteroatoms. The number of carbonyl (C=O) groups excluding carboxylic acids is 2. The Bertz CT molecular complexity index is 1490. The fraction of sp³-hybridized carbons (Fsp3) is 0.310. The first-order chi connectivity index (χ1) is 19.3. The standard InChI is InChI=1S/C29H31Cl3FN3O4S/c1-19(2)16-34-29(38)27(14-20-7-5-4-6-8-20)35(17-21-9-11-23(30)24(31)13-21)28(37)18-36(41(3,39)40)22-10-12-26(33)25(32)15-22/h4-13,15,19,27H,14,16-18H2,1-3H3,(H,34,38)/t27-/m0/s1. The maximum absolute atomic E-state index is 14.0. The molecule has 7 nitrogen and oxygen atoms in total. The lowest BCUT2D eigenvalue weighted by Crippen LogP contribution is -2.53. The summed E-state index contributed by atoms with van der Waals surface area (Å²) < 4.78 is 40.3. The molecule has 0 saturated carbocycles. The number of rotatable bonds is 12. The van der Waals surface area contributed by atoms with E-state index in [9.17, 15) is 22.4 Å². The van der Waals surface area contributed by atoms with Crippen LogP contribution >= 0.6 is 34.8 Å². The first kappa shape index (κ1) is 32.7. The summed E-state index contributed by atoms with van der Waals surface area (Å²) in [6, 6.07) is 16.4. The van der Waals surface area contributed by atoms with Crippen LogP contribution in [0.25, 0.3) is 0 Å². The van der Waals surface area contributed by atoms with E-state index in [0.29, 0.717) is 17.1 Å². The average Bonchev–Trinajstić information content (AvgIpc) is 2.91. The van der Waals surface area contributed by atoms with E-state index in [2.05, 4.69) is 5.32 Å². The maximum Gasteiger partial charge on any atom is 0.244 e. The zero-order chi connectivity index (χ0) is 30.3. The van der Waals surface area contributed by atoms with Gasteiger partial charge in [0.05, 0.1) is 27.0 Å². The minimum absolute atomic E-state index is 0.00519. The van der Waals surface area contributed by atoms with Gasteiger partial charge in [-0.1, -0.05) is 85.0 Å². The lowest BCUT2D eigenvalue weighted by Gasteiger charge is -2.33. The van der Waals surface area contributed by atoms with Gasteiger partial charge in [-0.15, -0.1) is 0 Å². The van der Waals surface area contributed by atoms with Crippen LogP contribution in [0.4, 0.5) is 10.1 Å². The van der Waals surface area contributed by atoms with Crippen molar-refractivity contribution in [3.05, 3.63) is 98.7 Å². The summed E-state index contributed by atoms with van der Waals surface area (Å²) in [7, 11) is -4.02. The highest BCUT2D eigenvalue weighted by atomic mass is 35.5. The summed E-state index contributed by atoms with van der Waals surface area (Å²) >= 11 is 18.3. The third-order valence-corrected chi connectivity index (χ3v) is 8.33. The summed E-state index contributed by atoms with van der Waals surface area (Å²) in [6.07, 6.45) is 1.09. The number of halogens is 4. The van der Waals surface area contributed by atoms with Crippen molar-refractivity contribution in [2.45, 2.75) is 32.9 Å². The third-order valence-electron chi connectivity index (χ3n) is 6.16. The van der Waals surface area contributed by atoms with E-state index >= 15 is 0 Å². The summed E-state index contributed by atoms with van der Waals surface area (Å²) in [5.41, 5.74) is 1.39. The first-order valence-electron chi connectivity index (χ1n) is 12.7. The number of amides is 2. The van der Waals surface area contributed by atoms with Gasteiger partial charge in [-0.25, -0.2) is 12.8 Å². The predicted molar refractivity (Wildman–Crippen MR) is 162 cm³/mol. The van der Waals surface area contributed by atoms with Crippen molar-refractivity contribution in [1.29, 1.82) is 0 Å². The van der Waals surface area contributed by atoms with Gasteiger partial charge in [0.25, 0.3) is 0 Å². The van der Waals surface area contributed by atoms with Crippen molar-refractivity contribution in [3.8, 4) is 0 Å². The molecule has 0 aliphatic heterocycles. The van der Waals surface area contributed by atoms with Gasteiger partial charge >= 0.3 is 0 Å². The molecule has 0 fully saturated rings. The molecule has 0 saturated heterocycles. The Hall–Kier alpha value is -2.85. The van der Waals surface area contributed by atoms with Gasteiger partial charge in [-0.05, 0) is 47.4 Å². The van der Waals surface area contributed by atoms with Crippen LogP contribution in [-0.2, 0) is 32.6 Å². The van der Waals surface area contributed by atoms with E-state index in [4.69, 9.17) is 34.8 Å². The normalized spacial score (nSPS) is 12.2. The number of carbonyl (C=O) groups is 2. The van der Waals surface area contributed by atoms with Crippen LogP contribution in [-0.4, -0.2) is 50.5 Å². The van der Waals surface area contributed by atoms with E-state index in [1.54, 1.807) is 18.2 Å². The van der Waals surface area contributed by atoms with Crippen molar-refractivity contribution in [2.24, 2.45) is 5.92 Å². The van der Waals surface area contributed by atoms with Gasteiger partial charge in [0.1, 0.15) is 18.4 Å². The molecular formula is C29H31Cl3FN3O4S. The monoisotopic (exact) mass is 641 g/mol. The molecule has 41 heavy (non-hydrogen) atoms. The number of hydrogen-bond donors (Lipinski definition) is 1. The number of sulfonamides is 1. The van der Waals surface area contributed by atoms with Crippen molar-refractivity contribution in [3.63, 3.8) is 0 Å². The second-order valence-electron chi connectivity index (χ2n) is 9.98. The molecule has 0 heterocycles. The zero-order valence-electron chi connectivity index (χ0n) is 22.8. The Kier molecular flexibility index (Phi) is 11.4. The lowest BCUT2D eigenvalue weighted by molar-refractivity contribution is -0.140. The molecule has 0 aliphatic rings. The Morgan fingerprint density at radius 2 is 1.59 bits per heavy atom. The topological polar surface area (TPSA) is 86.8 Å². The minimum Gasteiger partial charge on any atom is -0.354 e. The fourth-order valence-electron chi connectivity index (χ4n) is 4.07. The van der Waals surface area contributed by atoms with Gasteiger partial charge in [0.15, 0.2) is 0 Å². The molecule has 220 valence electrons. The molecule has 1 N–H and O–H groups in total. The zero-order valence-corrected chi connectivity index (χ0v) is 25.9. The Balaban J connectivity index is 2.07. The largest absolute Gasteiger partial charge is 0.354 e. The van der Waals surface area contributed by atoms with Gasteiger partial charge in [-0.2, -0.15) is 0 Å². The summed E-state index contributed by atoms with van der Waals surface area (Å²) in [5.74, 6) is -1.64. The second-order valence-corrected chi connectivity index (χ2v) is 13.1. The summed E-state index contributed by atoms with van der Waals surface area (Å²) in [5, 5.41) is 3.19. The predicted octanol–water partition coefficient (Wildman–Crippen LogP) is 5.96. The highest BCUT2D eigenvalue weighted by Crippen LogP contribution is 2.27. The van der Waals surface area contributed by atoms with Gasteiger partial charge in [-0.3, -0.25) is 13.9 Å². The molecule has 3 rings (SSSR count). The van der Waals surface area contributed by atoms with E-state index in [1.807, 2.05) is 44.2 Å². The highest BCUT2D eigenvalue weighted by molar-refractivity contribution is 7.92. The van der Waals surface area contributed by atoms with Crippen molar-refractivity contribution < 1.29 is 22.4 Å². The molecule has 0 aromatic heterocycles. The Morgan fingerprint density at radius 1 is 0.902 bits per heavy atom. The molecule has 0 spiro atoms. The van der Waals surface area contributed by atoms with Gasteiger partial charge in [0, 0.05) is 19.5 Å². The second kappa shape index (κ2) is 14.4. The molecule has 2 amide bonds. The summed E-state index contributed by atoms with van der Waals surface area (Å²) in [6.45, 7) is 3.54. The van der Waals surface area contributed by atoms with Gasteiger partial charge in [0.2, 0.25) is 21.8 Å². The van der Waals surface area contributed by atoms with Crippen LogP contribution < -0.4 is 9.62 Å². The Labute approximate surface area is 255 Å². The number of nitrogens with one attached hydrogen (secondary N) is 1. The molecule has 0 bridgehead atoms. The van der Waals surface area contributed by atoms with Crippen molar-refractivity contribution in [2.75, 3.05) is 23.7 Å². The number of nitrogens with zero attached hydrogens (tertiary/aromatic N) is 2. The molecule has 0 aliphatic carbocycles.